The number of rotatable bonds is 2. The zero-order valence-electron chi connectivity index (χ0n) is 7.72. The summed E-state index contributed by atoms with van der Waals surface area (Å²) in [7, 11) is 0. The Balaban J connectivity index is 2.85. The van der Waals surface area contributed by atoms with Crippen molar-refractivity contribution in [3.8, 4) is 6.07 Å². The van der Waals surface area contributed by atoms with Crippen LogP contribution in [0.15, 0.2) is 20.2 Å². The first-order chi connectivity index (χ1) is 7.80. The van der Waals surface area contributed by atoms with Gasteiger partial charge in [0.1, 0.15) is 6.07 Å². The van der Waals surface area contributed by atoms with Gasteiger partial charge in [-0.3, -0.25) is 5.32 Å². The van der Waals surface area contributed by atoms with Crippen LogP contribution in [0.1, 0.15) is 0 Å². The van der Waals surface area contributed by atoms with Crippen molar-refractivity contribution in [2.75, 3.05) is 6.61 Å². The lowest BCUT2D eigenvalue weighted by molar-refractivity contribution is 0.337. The average molecular weight is 220 g/mol. The second-order valence-electron chi connectivity index (χ2n) is 2.20. The van der Waals surface area contributed by atoms with Crippen molar-refractivity contribution in [1.29, 1.82) is 5.26 Å². The Labute approximate surface area is 88.3 Å². The maximum atomic E-state index is 8.28. The largest absolute Gasteiger partial charge is 0.450 e. The van der Waals surface area contributed by atoms with Gasteiger partial charge in [-0.2, -0.15) is 5.26 Å². The van der Waals surface area contributed by atoms with Gasteiger partial charge < -0.3 is 4.74 Å². The molecule has 0 saturated heterocycles. The first kappa shape index (κ1) is 11.1. The molecule has 0 aliphatic carbocycles. The molecule has 0 aromatic heterocycles. The lowest BCUT2D eigenvalue weighted by Crippen LogP contribution is -2.36. The fraction of sp³-hybridized carbons (Fsp3) is 0.400. The van der Waals surface area contributed by atoms with Crippen LogP contribution in [0.4, 0.5) is 0 Å². The summed E-state index contributed by atoms with van der Waals surface area (Å²) in [6.07, 6.45) is -1.11. The van der Waals surface area contributed by atoms with Gasteiger partial charge >= 0.3 is 0 Å². The van der Waals surface area contributed by atoms with E-state index in [1.807, 2.05) is 0 Å². The second-order valence-corrected chi connectivity index (χ2v) is 2.20. The third kappa shape index (κ3) is 3.08. The Morgan fingerprint density at radius 2 is 2.31 bits per heavy atom. The number of ether oxygens (including phenoxy) is 1. The van der Waals surface area contributed by atoms with E-state index in [1.165, 1.54) is 0 Å². The van der Waals surface area contributed by atoms with E-state index in [1.54, 1.807) is 6.07 Å². The Morgan fingerprint density at radius 3 is 2.94 bits per heavy atom. The van der Waals surface area contributed by atoms with Crippen LogP contribution >= 0.6 is 0 Å². The van der Waals surface area contributed by atoms with Crippen LogP contribution in [-0.4, -0.2) is 24.9 Å². The van der Waals surface area contributed by atoms with E-state index in [0.29, 0.717) is 0 Å². The standard InChI is InChI=1S/C5H4N10O/c6-1-2-16-5-10-3(12-14-7)9-4(11-5)13-15-8/h3H,2H2,(H,9,10,11). The minimum Gasteiger partial charge on any atom is -0.450 e. The fourth-order valence-corrected chi connectivity index (χ4v) is 0.768. The lowest BCUT2D eigenvalue weighted by Gasteiger charge is -2.14. The van der Waals surface area contributed by atoms with E-state index in [4.69, 9.17) is 21.1 Å². The molecule has 80 valence electrons. The van der Waals surface area contributed by atoms with Crippen molar-refractivity contribution in [2.45, 2.75) is 6.29 Å². The topological polar surface area (TPSA) is 167 Å². The zero-order chi connectivity index (χ0) is 11.8. The highest BCUT2D eigenvalue weighted by molar-refractivity contribution is 5.97. The molecule has 1 N–H and O–H groups in total. The van der Waals surface area contributed by atoms with E-state index in [9.17, 15) is 0 Å². The predicted molar refractivity (Wildman–Crippen MR) is 51.7 cm³/mol. The number of aliphatic imine (C=N–C) groups is 2. The lowest BCUT2D eigenvalue weighted by atomic mass is 10.7. The number of hydrogen-bond acceptors (Lipinski definition) is 7. The van der Waals surface area contributed by atoms with E-state index in [2.05, 4.69) is 35.4 Å². The summed E-state index contributed by atoms with van der Waals surface area (Å²) in [6.45, 7) is -0.252. The van der Waals surface area contributed by atoms with Crippen molar-refractivity contribution in [3.63, 3.8) is 0 Å². The highest BCUT2D eigenvalue weighted by Gasteiger charge is 2.15. The third-order valence-corrected chi connectivity index (χ3v) is 1.26. The van der Waals surface area contributed by atoms with Crippen LogP contribution < -0.4 is 5.32 Å². The Kier molecular flexibility index (Phi) is 3.97. The Bertz CT molecular complexity index is 458. The Hall–Kier alpha value is -2.95. The van der Waals surface area contributed by atoms with Gasteiger partial charge in [-0.15, -0.1) is 0 Å². The number of azide groups is 2. The van der Waals surface area contributed by atoms with Crippen molar-refractivity contribution < 1.29 is 4.74 Å². The molecule has 1 unspecified atom stereocenters. The monoisotopic (exact) mass is 220 g/mol. The molecule has 16 heavy (non-hydrogen) atoms. The predicted octanol–water partition coefficient (Wildman–Crippen LogP) is 0.746. The van der Waals surface area contributed by atoms with Gasteiger partial charge in [0.2, 0.25) is 6.29 Å². The maximum absolute atomic E-state index is 8.28. The molecule has 1 aliphatic rings. The molecule has 11 nitrogen and oxygen atoms in total. The SMILES string of the molecule is N#CCOC1=NC(N=[N+]=[N-])N=C(N=[N+]=[N-])N1. The molecule has 11 heteroatoms. The smallest absolute Gasteiger partial charge is 0.293 e. The van der Waals surface area contributed by atoms with Crippen LogP contribution in [0.2, 0.25) is 0 Å². The quantitative estimate of drug-likeness (QED) is 0.412. The molecule has 1 heterocycles. The molecule has 0 aromatic rings. The number of guanidine groups is 1. The molecular weight excluding hydrogens is 216 g/mol. The van der Waals surface area contributed by atoms with Gasteiger partial charge in [0.25, 0.3) is 6.02 Å². The van der Waals surface area contributed by atoms with Crippen LogP contribution in [0.5, 0.6) is 0 Å². The third-order valence-electron chi connectivity index (χ3n) is 1.26. The van der Waals surface area contributed by atoms with Crippen LogP contribution in [0.25, 0.3) is 20.9 Å². The van der Waals surface area contributed by atoms with Gasteiger partial charge in [0.15, 0.2) is 12.6 Å². The number of nitriles is 1. The molecular formula is C5H4N10O. The number of hydrogen-bond donors (Lipinski definition) is 1. The van der Waals surface area contributed by atoms with Gasteiger partial charge in [0.05, 0.1) is 0 Å². The maximum Gasteiger partial charge on any atom is 0.293 e. The molecule has 0 saturated carbocycles. The van der Waals surface area contributed by atoms with E-state index >= 15 is 0 Å². The molecule has 0 bridgehead atoms. The summed E-state index contributed by atoms with van der Waals surface area (Å²) in [4.78, 5) is 12.3. The number of nitrogens with one attached hydrogen (secondary N) is 1. The second kappa shape index (κ2) is 5.71. The molecule has 1 rings (SSSR count). The fourth-order valence-electron chi connectivity index (χ4n) is 0.768. The van der Waals surface area contributed by atoms with E-state index in [-0.39, 0.29) is 18.6 Å². The molecule has 0 spiro atoms. The first-order valence-corrected chi connectivity index (χ1v) is 3.82. The van der Waals surface area contributed by atoms with Gasteiger partial charge in [-0.05, 0) is 21.3 Å². The highest BCUT2D eigenvalue weighted by Crippen LogP contribution is 2.03. The summed E-state index contributed by atoms with van der Waals surface area (Å²) >= 11 is 0. The molecule has 0 amide bonds. The van der Waals surface area contributed by atoms with Crippen molar-refractivity contribution in [2.24, 2.45) is 20.2 Å². The van der Waals surface area contributed by atoms with Gasteiger partial charge in [-0.1, -0.05) is 0 Å². The molecule has 0 aromatic carbocycles. The first-order valence-electron chi connectivity index (χ1n) is 3.82. The van der Waals surface area contributed by atoms with E-state index in [0.717, 1.165) is 0 Å². The molecule has 0 radical (unpaired) electrons. The summed E-state index contributed by atoms with van der Waals surface area (Å²) in [5.74, 6) is -0.150. The Morgan fingerprint density at radius 1 is 1.50 bits per heavy atom. The number of nitrogens with zero attached hydrogens (tertiary/aromatic N) is 9. The minimum atomic E-state index is -1.11. The van der Waals surface area contributed by atoms with Crippen LogP contribution in [0, 0.1) is 11.3 Å². The van der Waals surface area contributed by atoms with Crippen molar-refractivity contribution in [1.82, 2.24) is 5.32 Å². The highest BCUT2D eigenvalue weighted by atomic mass is 16.5. The van der Waals surface area contributed by atoms with Crippen molar-refractivity contribution >= 4 is 12.0 Å². The normalized spacial score (nSPS) is 17.6. The summed E-state index contributed by atoms with van der Waals surface area (Å²) in [6, 6.07) is 1.62. The average Bonchev–Trinajstić information content (AvgIpc) is 2.27. The van der Waals surface area contributed by atoms with Crippen molar-refractivity contribution in [3.05, 3.63) is 20.9 Å². The molecule has 1 atom stereocenters. The van der Waals surface area contributed by atoms with Gasteiger partial charge in [0, 0.05) is 9.82 Å². The summed E-state index contributed by atoms with van der Waals surface area (Å²) in [5.41, 5.74) is 16.4. The molecule has 1 aliphatic heterocycles. The summed E-state index contributed by atoms with van der Waals surface area (Å²) in [5, 5.41) is 17.0. The van der Waals surface area contributed by atoms with Gasteiger partial charge in [-0.25, -0.2) is 9.98 Å². The van der Waals surface area contributed by atoms with Crippen LogP contribution in [0.3, 0.4) is 0 Å². The molecule has 0 fully saturated rings. The van der Waals surface area contributed by atoms with E-state index < -0.39 is 6.29 Å². The number of amidine groups is 1. The van der Waals surface area contributed by atoms with Crippen LogP contribution in [-0.2, 0) is 4.74 Å². The minimum absolute atomic E-state index is 0.101. The summed E-state index contributed by atoms with van der Waals surface area (Å²) < 4.78 is 4.82. The zero-order valence-corrected chi connectivity index (χ0v) is 7.72.